The lowest BCUT2D eigenvalue weighted by Gasteiger charge is -2.12. The van der Waals surface area contributed by atoms with E-state index in [9.17, 15) is 4.79 Å². The number of hydrogen-bond acceptors (Lipinski definition) is 3. The van der Waals surface area contributed by atoms with Crippen LogP contribution in [-0.4, -0.2) is 5.78 Å². The number of benzene rings is 4. The summed E-state index contributed by atoms with van der Waals surface area (Å²) in [6.45, 7) is 0. The topological polar surface area (TPSA) is 29.1 Å². The van der Waals surface area contributed by atoms with Gasteiger partial charge < -0.3 is 5.32 Å². The number of allylic oxidation sites excluding steroid dienone is 1. The minimum atomic E-state index is 0.0972. The molecule has 2 nitrogen and oxygen atoms in total. The number of rotatable bonds is 6. The number of para-hydroxylation sites is 1. The van der Waals surface area contributed by atoms with E-state index in [1.165, 1.54) is 16.7 Å². The Morgan fingerprint density at radius 2 is 1.25 bits per heavy atom. The van der Waals surface area contributed by atoms with Crippen molar-refractivity contribution in [1.29, 1.82) is 0 Å². The van der Waals surface area contributed by atoms with E-state index in [2.05, 4.69) is 53.8 Å². The third kappa shape index (κ3) is 4.39. The van der Waals surface area contributed by atoms with Crippen molar-refractivity contribution in [3.05, 3.63) is 137 Å². The van der Waals surface area contributed by atoms with E-state index in [1.54, 1.807) is 11.8 Å². The van der Waals surface area contributed by atoms with E-state index in [-0.39, 0.29) is 11.0 Å². The maximum Gasteiger partial charge on any atom is 0.191 e. The molecule has 1 N–H and O–H groups in total. The molecule has 3 heteroatoms. The zero-order valence-corrected chi connectivity index (χ0v) is 18.4. The van der Waals surface area contributed by atoms with Crippen LogP contribution in [0, 0.1) is 0 Å². The Morgan fingerprint density at radius 3 is 1.91 bits per heavy atom. The number of carbonyl (C=O) groups is 1. The van der Waals surface area contributed by atoms with Crippen molar-refractivity contribution in [2.24, 2.45) is 0 Å². The molecule has 32 heavy (non-hydrogen) atoms. The maximum absolute atomic E-state index is 13.4. The standard InChI is InChI=1S/C29H23NOS/c31-28(24-12-6-2-7-13-24)26-20-27(32-29(26)30-25-14-8-3-9-15-25)23-18-16-22(17-19-23)21-10-4-1-5-11-21/h1-19,27,30H,20H2. The molecule has 1 unspecified atom stereocenters. The van der Waals surface area contributed by atoms with Crippen LogP contribution < -0.4 is 5.32 Å². The fourth-order valence-electron chi connectivity index (χ4n) is 3.96. The predicted octanol–water partition coefficient (Wildman–Crippen LogP) is 7.74. The second-order valence-electron chi connectivity index (χ2n) is 7.79. The third-order valence-electron chi connectivity index (χ3n) is 5.66. The van der Waals surface area contributed by atoms with Gasteiger partial charge in [0.1, 0.15) is 0 Å². The van der Waals surface area contributed by atoms with Gasteiger partial charge >= 0.3 is 0 Å². The molecule has 1 heterocycles. The van der Waals surface area contributed by atoms with Crippen LogP contribution in [0.1, 0.15) is 27.6 Å². The summed E-state index contributed by atoms with van der Waals surface area (Å²) in [5.41, 5.74) is 6.22. The Hall–Kier alpha value is -3.56. The fraction of sp³-hybridized carbons (Fsp3) is 0.0690. The number of ketones is 1. The predicted molar refractivity (Wildman–Crippen MR) is 135 cm³/mol. The SMILES string of the molecule is O=C(C1=C(Nc2ccccc2)SC(c2ccc(-c3ccccc3)cc2)C1)c1ccccc1. The van der Waals surface area contributed by atoms with E-state index in [1.807, 2.05) is 66.7 Å². The van der Waals surface area contributed by atoms with Gasteiger partial charge in [0, 0.05) is 22.1 Å². The number of thioether (sulfide) groups is 1. The zero-order valence-electron chi connectivity index (χ0n) is 17.6. The van der Waals surface area contributed by atoms with Gasteiger partial charge in [-0.1, -0.05) is 115 Å². The van der Waals surface area contributed by atoms with Crippen molar-refractivity contribution in [2.45, 2.75) is 11.7 Å². The average molecular weight is 434 g/mol. The number of Topliss-reactive ketones (excluding diaryl/α,β-unsaturated/α-hetero) is 1. The van der Waals surface area contributed by atoms with E-state index >= 15 is 0 Å². The molecule has 4 aromatic rings. The van der Waals surface area contributed by atoms with Crippen molar-refractivity contribution in [2.75, 3.05) is 5.32 Å². The van der Waals surface area contributed by atoms with Crippen molar-refractivity contribution in [1.82, 2.24) is 0 Å². The Bertz CT molecular complexity index is 1230. The number of carbonyl (C=O) groups excluding carboxylic acids is 1. The molecule has 0 radical (unpaired) electrons. The van der Waals surface area contributed by atoms with Crippen LogP contribution in [0.15, 0.2) is 126 Å². The highest BCUT2D eigenvalue weighted by Crippen LogP contribution is 2.48. The molecule has 1 aliphatic heterocycles. The summed E-state index contributed by atoms with van der Waals surface area (Å²) in [6, 6.07) is 38.7. The molecule has 0 spiro atoms. The van der Waals surface area contributed by atoms with Crippen molar-refractivity contribution >= 4 is 23.2 Å². The summed E-state index contributed by atoms with van der Waals surface area (Å²) in [5, 5.41) is 4.65. The fourth-order valence-corrected chi connectivity index (χ4v) is 5.28. The lowest BCUT2D eigenvalue weighted by Crippen LogP contribution is -2.07. The number of hydrogen-bond donors (Lipinski definition) is 1. The lowest BCUT2D eigenvalue weighted by molar-refractivity contribution is 0.103. The van der Waals surface area contributed by atoms with Crippen molar-refractivity contribution < 1.29 is 4.79 Å². The Morgan fingerprint density at radius 1 is 0.688 bits per heavy atom. The second kappa shape index (κ2) is 9.29. The molecule has 1 atom stereocenters. The lowest BCUT2D eigenvalue weighted by atomic mass is 9.96. The van der Waals surface area contributed by atoms with Crippen molar-refractivity contribution in [3.8, 4) is 11.1 Å². The van der Waals surface area contributed by atoms with Crippen LogP contribution in [0.2, 0.25) is 0 Å². The van der Waals surface area contributed by atoms with Gasteiger partial charge in [-0.3, -0.25) is 4.79 Å². The number of nitrogens with one attached hydrogen (secondary N) is 1. The first-order chi connectivity index (χ1) is 15.8. The van der Waals surface area contributed by atoms with Gasteiger partial charge in [-0.15, -0.1) is 0 Å². The minimum absolute atomic E-state index is 0.0972. The van der Waals surface area contributed by atoms with E-state index < -0.39 is 0 Å². The highest BCUT2D eigenvalue weighted by Gasteiger charge is 2.31. The van der Waals surface area contributed by atoms with Gasteiger partial charge in [-0.05, 0) is 35.2 Å². The Balaban J connectivity index is 1.42. The molecule has 0 saturated heterocycles. The number of anilines is 1. The summed E-state index contributed by atoms with van der Waals surface area (Å²) in [4.78, 5) is 13.4. The van der Waals surface area contributed by atoms with Gasteiger partial charge in [0.05, 0.1) is 5.03 Å². The minimum Gasteiger partial charge on any atom is -0.350 e. The summed E-state index contributed by atoms with van der Waals surface area (Å²) in [7, 11) is 0. The first-order valence-electron chi connectivity index (χ1n) is 10.7. The second-order valence-corrected chi connectivity index (χ2v) is 9.01. The molecule has 0 fully saturated rings. The summed E-state index contributed by atoms with van der Waals surface area (Å²) < 4.78 is 0. The quantitative estimate of drug-likeness (QED) is 0.315. The maximum atomic E-state index is 13.4. The normalized spacial score (nSPS) is 15.6. The molecule has 0 amide bonds. The largest absolute Gasteiger partial charge is 0.350 e. The van der Waals surface area contributed by atoms with Crippen LogP contribution >= 0.6 is 11.8 Å². The molecule has 0 saturated carbocycles. The van der Waals surface area contributed by atoms with E-state index in [0.29, 0.717) is 6.42 Å². The van der Waals surface area contributed by atoms with Gasteiger partial charge in [-0.2, -0.15) is 0 Å². The van der Waals surface area contributed by atoms with Crippen LogP contribution in [0.4, 0.5) is 5.69 Å². The summed E-state index contributed by atoms with van der Waals surface area (Å²) in [5.74, 6) is 0.0972. The first kappa shape index (κ1) is 20.3. The average Bonchev–Trinajstić information content (AvgIpc) is 3.29. The Kier molecular flexibility index (Phi) is 5.91. The monoisotopic (exact) mass is 433 g/mol. The highest BCUT2D eigenvalue weighted by molar-refractivity contribution is 8.03. The third-order valence-corrected chi connectivity index (χ3v) is 6.96. The van der Waals surface area contributed by atoms with E-state index in [4.69, 9.17) is 0 Å². The van der Waals surface area contributed by atoms with Gasteiger partial charge in [-0.25, -0.2) is 0 Å². The molecule has 156 valence electrons. The molecule has 0 bridgehead atoms. The molecular formula is C29H23NOS. The Labute approximate surface area is 193 Å². The summed E-state index contributed by atoms with van der Waals surface area (Å²) >= 11 is 1.74. The summed E-state index contributed by atoms with van der Waals surface area (Å²) in [6.07, 6.45) is 0.707. The van der Waals surface area contributed by atoms with Gasteiger partial charge in [0.2, 0.25) is 0 Å². The highest BCUT2D eigenvalue weighted by atomic mass is 32.2. The molecular weight excluding hydrogens is 410 g/mol. The van der Waals surface area contributed by atoms with Crippen molar-refractivity contribution in [3.63, 3.8) is 0 Å². The first-order valence-corrected chi connectivity index (χ1v) is 11.6. The molecule has 0 aliphatic carbocycles. The van der Waals surface area contributed by atoms with Crippen LogP contribution in [0.5, 0.6) is 0 Å². The molecule has 4 aromatic carbocycles. The smallest absolute Gasteiger partial charge is 0.191 e. The van der Waals surface area contributed by atoms with Gasteiger partial charge in [0.15, 0.2) is 5.78 Å². The molecule has 0 aromatic heterocycles. The van der Waals surface area contributed by atoms with Gasteiger partial charge in [0.25, 0.3) is 0 Å². The van der Waals surface area contributed by atoms with Crippen LogP contribution in [0.25, 0.3) is 11.1 Å². The van der Waals surface area contributed by atoms with Crippen LogP contribution in [0.3, 0.4) is 0 Å². The van der Waals surface area contributed by atoms with Crippen LogP contribution in [-0.2, 0) is 0 Å². The zero-order chi connectivity index (χ0) is 21.8. The molecule has 5 rings (SSSR count). The molecule has 1 aliphatic rings. The van der Waals surface area contributed by atoms with E-state index in [0.717, 1.165) is 21.9 Å².